The van der Waals surface area contributed by atoms with Crippen LogP contribution in [-0.4, -0.2) is 28.1 Å². The minimum absolute atomic E-state index is 0.124. The molecular weight excluding hydrogens is 316 g/mol. The van der Waals surface area contributed by atoms with E-state index in [0.29, 0.717) is 6.61 Å². The van der Waals surface area contributed by atoms with Crippen molar-refractivity contribution in [2.24, 2.45) is 0 Å². The van der Waals surface area contributed by atoms with Crippen LogP contribution in [0.4, 0.5) is 8.78 Å². The Kier molecular flexibility index (Phi) is 7.17. The van der Waals surface area contributed by atoms with Crippen LogP contribution in [0.5, 0.6) is 5.75 Å². The van der Waals surface area contributed by atoms with Crippen LogP contribution in [0.1, 0.15) is 39.3 Å². The van der Waals surface area contributed by atoms with Crippen LogP contribution >= 0.6 is 0 Å². The summed E-state index contributed by atoms with van der Waals surface area (Å²) in [6.45, 7) is 11.8. The predicted molar refractivity (Wildman–Crippen MR) is 92.6 cm³/mol. The molecule has 0 saturated carbocycles. The fourth-order valence-electron chi connectivity index (χ4n) is 1.85. The summed E-state index contributed by atoms with van der Waals surface area (Å²) in [6.07, 6.45) is 0. The lowest BCUT2D eigenvalue weighted by molar-refractivity contribution is -0.0498. The summed E-state index contributed by atoms with van der Waals surface area (Å²) in [4.78, 5) is 0. The summed E-state index contributed by atoms with van der Waals surface area (Å²) in [5.41, 5.74) is 1.03. The van der Waals surface area contributed by atoms with Gasteiger partial charge < -0.3 is 14.5 Å². The molecule has 1 aromatic rings. The van der Waals surface area contributed by atoms with E-state index in [1.54, 1.807) is 24.3 Å². The summed E-state index contributed by atoms with van der Waals surface area (Å²) in [5, 5.41) is 3.60. The van der Waals surface area contributed by atoms with Gasteiger partial charge in [0.05, 0.1) is 0 Å². The van der Waals surface area contributed by atoms with Gasteiger partial charge in [0.2, 0.25) is 0 Å². The number of hydrogen-bond acceptors (Lipinski definition) is 3. The number of hydrogen-bond donors (Lipinski definition) is 1. The molecule has 0 spiro atoms. The van der Waals surface area contributed by atoms with Crippen molar-refractivity contribution in [3.63, 3.8) is 0 Å². The van der Waals surface area contributed by atoms with Gasteiger partial charge in [-0.25, -0.2) is 0 Å². The Labute approximate surface area is 139 Å². The van der Waals surface area contributed by atoms with Gasteiger partial charge in [0.15, 0.2) is 8.32 Å². The summed E-state index contributed by atoms with van der Waals surface area (Å²) in [6, 6.07) is 6.84. The van der Waals surface area contributed by atoms with Crippen molar-refractivity contribution < 1.29 is 17.9 Å². The van der Waals surface area contributed by atoms with Gasteiger partial charge in [-0.1, -0.05) is 32.9 Å². The van der Waals surface area contributed by atoms with E-state index in [1.165, 1.54) is 0 Å². The SMILES string of the molecule is CC(NCCO[Si](C)(C)C(C)(C)C)c1ccc(OC(F)F)cc1. The molecule has 0 fully saturated rings. The van der Waals surface area contributed by atoms with Gasteiger partial charge >= 0.3 is 6.61 Å². The monoisotopic (exact) mass is 345 g/mol. The number of benzene rings is 1. The van der Waals surface area contributed by atoms with Crippen molar-refractivity contribution in [1.82, 2.24) is 5.32 Å². The first-order valence-electron chi connectivity index (χ1n) is 7.95. The lowest BCUT2D eigenvalue weighted by atomic mass is 10.1. The van der Waals surface area contributed by atoms with Crippen LogP contribution in [0, 0.1) is 0 Å². The van der Waals surface area contributed by atoms with Gasteiger partial charge in [-0.3, -0.25) is 0 Å². The van der Waals surface area contributed by atoms with Gasteiger partial charge in [0.1, 0.15) is 5.75 Å². The van der Waals surface area contributed by atoms with E-state index in [-0.39, 0.29) is 16.8 Å². The Hall–Kier alpha value is -0.983. The summed E-state index contributed by atoms with van der Waals surface area (Å²) >= 11 is 0. The molecule has 0 aliphatic rings. The van der Waals surface area contributed by atoms with E-state index in [1.807, 2.05) is 6.92 Å². The standard InChI is InChI=1S/C17H29F2NO2Si/c1-13(14-7-9-15(10-8-14)22-16(18)19)20-11-12-21-23(5,6)17(2,3)4/h7-10,13,16,20H,11-12H2,1-6H3. The first-order chi connectivity index (χ1) is 10.5. The fourth-order valence-corrected chi connectivity index (χ4v) is 2.90. The molecule has 0 aliphatic heterocycles. The van der Waals surface area contributed by atoms with Crippen molar-refractivity contribution in [3.8, 4) is 5.75 Å². The van der Waals surface area contributed by atoms with E-state index in [0.717, 1.165) is 12.1 Å². The number of nitrogens with one attached hydrogen (secondary N) is 1. The third kappa shape index (κ3) is 6.57. The minimum Gasteiger partial charge on any atom is -0.435 e. The molecule has 0 amide bonds. The highest BCUT2D eigenvalue weighted by Gasteiger charge is 2.36. The Bertz CT molecular complexity index is 472. The second-order valence-electron chi connectivity index (χ2n) is 7.23. The van der Waals surface area contributed by atoms with Crippen LogP contribution in [0.3, 0.4) is 0 Å². The molecule has 6 heteroatoms. The molecule has 0 heterocycles. The van der Waals surface area contributed by atoms with E-state index in [2.05, 4.69) is 43.9 Å². The molecule has 0 aliphatic carbocycles. The number of alkyl halides is 2. The molecular formula is C17H29F2NO2Si. The van der Waals surface area contributed by atoms with E-state index in [4.69, 9.17) is 4.43 Å². The van der Waals surface area contributed by atoms with Gasteiger partial charge in [-0.05, 0) is 42.8 Å². The van der Waals surface area contributed by atoms with Gasteiger partial charge in [-0.2, -0.15) is 8.78 Å². The largest absolute Gasteiger partial charge is 0.435 e. The molecule has 1 atom stereocenters. The second kappa shape index (κ2) is 8.21. The maximum Gasteiger partial charge on any atom is 0.387 e. The first-order valence-corrected chi connectivity index (χ1v) is 10.9. The van der Waals surface area contributed by atoms with Crippen molar-refractivity contribution in [2.45, 2.75) is 58.5 Å². The van der Waals surface area contributed by atoms with Crippen molar-refractivity contribution in [3.05, 3.63) is 29.8 Å². The minimum atomic E-state index is -2.79. The third-order valence-electron chi connectivity index (χ3n) is 4.43. The second-order valence-corrected chi connectivity index (χ2v) is 12.0. The zero-order valence-electron chi connectivity index (χ0n) is 15.0. The zero-order chi connectivity index (χ0) is 17.7. The predicted octanol–water partition coefficient (Wildman–Crippen LogP) is 4.96. The molecule has 0 saturated heterocycles. The smallest absolute Gasteiger partial charge is 0.387 e. The van der Waals surface area contributed by atoms with Crippen LogP contribution in [0.15, 0.2) is 24.3 Å². The zero-order valence-corrected chi connectivity index (χ0v) is 16.0. The highest BCUT2D eigenvalue weighted by molar-refractivity contribution is 6.74. The molecule has 1 unspecified atom stereocenters. The third-order valence-corrected chi connectivity index (χ3v) is 8.97. The van der Waals surface area contributed by atoms with Gasteiger partial charge in [0.25, 0.3) is 0 Å². The van der Waals surface area contributed by atoms with Crippen molar-refractivity contribution in [1.29, 1.82) is 0 Å². The average molecular weight is 346 g/mol. The van der Waals surface area contributed by atoms with Crippen LogP contribution in [-0.2, 0) is 4.43 Å². The molecule has 0 radical (unpaired) electrons. The number of rotatable bonds is 8. The molecule has 0 bridgehead atoms. The van der Waals surface area contributed by atoms with Crippen LogP contribution in [0.25, 0.3) is 0 Å². The van der Waals surface area contributed by atoms with Gasteiger partial charge in [-0.15, -0.1) is 0 Å². The Balaban J connectivity index is 2.41. The molecule has 1 rings (SSSR count). The van der Waals surface area contributed by atoms with E-state index in [9.17, 15) is 8.78 Å². The van der Waals surface area contributed by atoms with Gasteiger partial charge in [0, 0.05) is 19.2 Å². The molecule has 0 aromatic heterocycles. The molecule has 23 heavy (non-hydrogen) atoms. The van der Waals surface area contributed by atoms with E-state index >= 15 is 0 Å². The van der Waals surface area contributed by atoms with Crippen molar-refractivity contribution >= 4 is 8.32 Å². The Morgan fingerprint density at radius 2 is 1.70 bits per heavy atom. The molecule has 1 aromatic carbocycles. The number of halogens is 2. The Morgan fingerprint density at radius 1 is 1.13 bits per heavy atom. The molecule has 3 nitrogen and oxygen atoms in total. The quantitative estimate of drug-likeness (QED) is 0.533. The van der Waals surface area contributed by atoms with Crippen LogP contribution in [0.2, 0.25) is 18.1 Å². The first kappa shape index (κ1) is 20.1. The molecule has 132 valence electrons. The average Bonchev–Trinajstić information content (AvgIpc) is 2.42. The number of ether oxygens (including phenoxy) is 1. The van der Waals surface area contributed by atoms with Crippen LogP contribution < -0.4 is 10.1 Å². The van der Waals surface area contributed by atoms with Crippen molar-refractivity contribution in [2.75, 3.05) is 13.2 Å². The van der Waals surface area contributed by atoms with E-state index < -0.39 is 14.9 Å². The topological polar surface area (TPSA) is 30.5 Å². The summed E-state index contributed by atoms with van der Waals surface area (Å²) in [5.74, 6) is 0.178. The maximum absolute atomic E-state index is 12.1. The summed E-state index contributed by atoms with van der Waals surface area (Å²) < 4.78 is 34.7. The fraction of sp³-hybridized carbons (Fsp3) is 0.647. The maximum atomic E-state index is 12.1. The normalized spacial score (nSPS) is 14.1. The Morgan fingerprint density at radius 3 is 2.17 bits per heavy atom. The molecule has 1 N–H and O–H groups in total. The lowest BCUT2D eigenvalue weighted by Gasteiger charge is -2.36. The highest BCUT2D eigenvalue weighted by atomic mass is 28.4. The highest BCUT2D eigenvalue weighted by Crippen LogP contribution is 2.36. The lowest BCUT2D eigenvalue weighted by Crippen LogP contribution is -2.42. The summed E-state index contributed by atoms with van der Waals surface area (Å²) in [7, 11) is -1.71.